The van der Waals surface area contributed by atoms with E-state index in [2.05, 4.69) is 5.32 Å². The highest BCUT2D eigenvalue weighted by molar-refractivity contribution is 6.31. The van der Waals surface area contributed by atoms with Crippen molar-refractivity contribution in [3.8, 4) is 17.2 Å². The number of benzene rings is 2. The number of aromatic hydroxyl groups is 2. The van der Waals surface area contributed by atoms with Gasteiger partial charge in [-0.3, -0.25) is 19.2 Å². The van der Waals surface area contributed by atoms with E-state index in [0.29, 0.717) is 0 Å². The number of carbonyl (C=O) groups excluding carboxylic acids is 4. The van der Waals surface area contributed by atoms with Gasteiger partial charge in [-0.05, 0) is 13.0 Å². The van der Waals surface area contributed by atoms with Gasteiger partial charge in [0.25, 0.3) is 0 Å². The van der Waals surface area contributed by atoms with Crippen LogP contribution < -0.4 is 15.8 Å². The lowest BCUT2D eigenvalue weighted by Gasteiger charge is -2.43. The number of amides is 1. The van der Waals surface area contributed by atoms with Crippen LogP contribution in [0.25, 0.3) is 0 Å². The highest BCUT2D eigenvalue weighted by Crippen LogP contribution is 2.53. The van der Waals surface area contributed by atoms with Crippen LogP contribution in [0.15, 0.2) is 30.0 Å². The number of ether oxygens (including phenoxy) is 3. The third kappa shape index (κ3) is 6.59. The standard InChI is InChI=1S/C35H42N2O12/c1-15(2)21(39)8-9-24(40)37-13-17(14-38)35(46)11-19-27(23(12-35)49-25-10-20(36)30(41)16(3)48-25)34(45)29-28(32(19)43)31(42)18-6-5-7-22(47-4)26(18)33(29)44/h5-7,13,15-16,20,23,25,30,38,41,43,45-46H,8-12,14,36H2,1-4H3,(H,37,40)/b17-13+/t16-,20-,23-,25-,30+,35-/m0/s1. The maximum atomic E-state index is 13.9. The summed E-state index contributed by atoms with van der Waals surface area (Å²) in [6.07, 6.45) is -4.04. The van der Waals surface area contributed by atoms with Gasteiger partial charge in [0.15, 0.2) is 12.1 Å². The minimum atomic E-state index is -2.05. The molecule has 1 fully saturated rings. The second kappa shape index (κ2) is 14.0. The molecule has 264 valence electrons. The number of phenols is 2. The number of fused-ring (bicyclic) bond motifs is 3. The van der Waals surface area contributed by atoms with Gasteiger partial charge >= 0.3 is 0 Å². The fraction of sp³-hybridized carbons (Fsp3) is 0.486. The average molecular weight is 683 g/mol. The Morgan fingerprint density at radius 2 is 1.82 bits per heavy atom. The van der Waals surface area contributed by atoms with Crippen LogP contribution in [0, 0.1) is 5.92 Å². The lowest BCUT2D eigenvalue weighted by molar-refractivity contribution is -0.246. The molecular weight excluding hydrogens is 640 g/mol. The number of aliphatic hydroxyl groups is 3. The van der Waals surface area contributed by atoms with E-state index in [9.17, 15) is 44.7 Å². The Balaban J connectivity index is 1.60. The number of Topliss-reactive ketones (excluding diaryl/α,β-unsaturated/α-hetero) is 1. The van der Waals surface area contributed by atoms with Crippen molar-refractivity contribution in [2.45, 2.75) is 89.1 Å². The number of rotatable bonds is 10. The fourth-order valence-electron chi connectivity index (χ4n) is 6.73. The van der Waals surface area contributed by atoms with Crippen LogP contribution in [0.1, 0.15) is 95.5 Å². The van der Waals surface area contributed by atoms with Crippen molar-refractivity contribution < 1.29 is 58.9 Å². The Morgan fingerprint density at radius 1 is 1.12 bits per heavy atom. The Bertz CT molecular complexity index is 1710. The van der Waals surface area contributed by atoms with E-state index < -0.39 is 89.4 Å². The molecule has 5 rings (SSSR count). The van der Waals surface area contributed by atoms with Crippen LogP contribution in [-0.2, 0) is 25.5 Å². The number of ketones is 3. The van der Waals surface area contributed by atoms with Crippen LogP contribution >= 0.6 is 0 Å². The molecule has 1 saturated heterocycles. The first-order chi connectivity index (χ1) is 23.1. The molecule has 3 aliphatic rings. The molecule has 1 aliphatic heterocycles. The second-order valence-electron chi connectivity index (χ2n) is 13.1. The molecule has 2 aromatic rings. The Kier molecular flexibility index (Phi) is 10.3. The molecule has 2 aromatic carbocycles. The zero-order valence-electron chi connectivity index (χ0n) is 27.7. The summed E-state index contributed by atoms with van der Waals surface area (Å²) in [4.78, 5) is 52.3. The monoisotopic (exact) mass is 682 g/mol. The average Bonchev–Trinajstić information content (AvgIpc) is 3.05. The van der Waals surface area contributed by atoms with Crippen LogP contribution in [-0.4, -0.2) is 92.6 Å². The number of nitrogens with one attached hydrogen (secondary N) is 1. The van der Waals surface area contributed by atoms with Gasteiger partial charge in [-0.2, -0.15) is 0 Å². The van der Waals surface area contributed by atoms with Crippen molar-refractivity contribution in [2.75, 3.05) is 13.7 Å². The van der Waals surface area contributed by atoms with Gasteiger partial charge in [0, 0.05) is 72.5 Å². The molecule has 0 aromatic heterocycles. The number of phenolic OH excluding ortho intramolecular Hbond substituents is 2. The third-order valence-electron chi connectivity index (χ3n) is 9.56. The minimum Gasteiger partial charge on any atom is -0.507 e. The summed E-state index contributed by atoms with van der Waals surface area (Å²) in [5, 5.41) is 58.8. The van der Waals surface area contributed by atoms with Crippen LogP contribution in [0.5, 0.6) is 17.2 Å². The molecule has 1 amide bonds. The molecule has 8 N–H and O–H groups in total. The Morgan fingerprint density at radius 3 is 2.45 bits per heavy atom. The number of aliphatic hydroxyl groups excluding tert-OH is 2. The quantitative estimate of drug-likeness (QED) is 0.150. The summed E-state index contributed by atoms with van der Waals surface area (Å²) in [5.41, 5.74) is 2.64. The lowest BCUT2D eigenvalue weighted by Crippen LogP contribution is -2.52. The van der Waals surface area contributed by atoms with E-state index in [1.807, 2.05) is 0 Å². The summed E-state index contributed by atoms with van der Waals surface area (Å²) in [7, 11) is 1.32. The van der Waals surface area contributed by atoms with E-state index >= 15 is 0 Å². The van der Waals surface area contributed by atoms with Gasteiger partial charge in [-0.25, -0.2) is 0 Å². The molecule has 1 heterocycles. The SMILES string of the molecule is COc1cccc2c1C(=O)c1c(O)c3c(c(O)c1C2=O)C[C@@](O)(/C(=C/NC(=O)CCC(=O)C(C)C)CO)C[C@@H]3O[C@H]1C[C@H](N)[C@H](O)[C@H](C)O1. The molecule has 49 heavy (non-hydrogen) atoms. The van der Waals surface area contributed by atoms with Gasteiger partial charge < -0.3 is 50.8 Å². The minimum absolute atomic E-state index is 0.00327. The van der Waals surface area contributed by atoms with E-state index in [4.69, 9.17) is 19.9 Å². The van der Waals surface area contributed by atoms with E-state index in [-0.39, 0.29) is 71.0 Å². The fourth-order valence-corrected chi connectivity index (χ4v) is 6.73. The topological polar surface area (TPSA) is 235 Å². The van der Waals surface area contributed by atoms with Gasteiger partial charge in [0.2, 0.25) is 11.7 Å². The molecule has 2 aliphatic carbocycles. The number of carbonyl (C=O) groups is 4. The van der Waals surface area contributed by atoms with Gasteiger partial charge in [0.05, 0.1) is 54.3 Å². The number of methoxy groups -OCH3 is 1. The molecule has 14 heteroatoms. The molecule has 0 bridgehead atoms. The van der Waals surface area contributed by atoms with Crippen molar-refractivity contribution >= 4 is 23.3 Å². The zero-order valence-corrected chi connectivity index (χ0v) is 27.7. The molecule has 0 radical (unpaired) electrons. The van der Waals surface area contributed by atoms with Crippen LogP contribution in [0.3, 0.4) is 0 Å². The van der Waals surface area contributed by atoms with E-state index in [0.717, 1.165) is 6.20 Å². The summed E-state index contributed by atoms with van der Waals surface area (Å²) < 4.78 is 17.4. The highest BCUT2D eigenvalue weighted by Gasteiger charge is 2.49. The normalized spacial score (nSPS) is 26.6. The van der Waals surface area contributed by atoms with Crippen molar-refractivity contribution in [3.05, 3.63) is 63.4 Å². The lowest BCUT2D eigenvalue weighted by atomic mass is 9.71. The predicted octanol–water partition coefficient (Wildman–Crippen LogP) is 1.44. The Hall–Kier alpha value is -4.18. The number of hydrogen-bond acceptors (Lipinski definition) is 13. The zero-order chi connectivity index (χ0) is 35.9. The van der Waals surface area contributed by atoms with Gasteiger partial charge in [-0.1, -0.05) is 26.0 Å². The molecular formula is C35H42N2O12. The summed E-state index contributed by atoms with van der Waals surface area (Å²) in [5.74, 6) is -3.70. The largest absolute Gasteiger partial charge is 0.507 e. The van der Waals surface area contributed by atoms with Crippen molar-refractivity contribution in [2.24, 2.45) is 11.7 Å². The maximum Gasteiger partial charge on any atom is 0.224 e. The summed E-state index contributed by atoms with van der Waals surface area (Å²) >= 11 is 0. The highest BCUT2D eigenvalue weighted by atomic mass is 16.7. The van der Waals surface area contributed by atoms with Crippen molar-refractivity contribution in [1.29, 1.82) is 0 Å². The molecule has 0 spiro atoms. The molecule has 0 saturated carbocycles. The smallest absolute Gasteiger partial charge is 0.224 e. The summed E-state index contributed by atoms with van der Waals surface area (Å²) in [6, 6.07) is 3.63. The van der Waals surface area contributed by atoms with Gasteiger partial charge in [0.1, 0.15) is 23.0 Å². The second-order valence-corrected chi connectivity index (χ2v) is 13.1. The molecule has 6 atom stereocenters. The van der Waals surface area contributed by atoms with Crippen molar-refractivity contribution in [3.63, 3.8) is 0 Å². The summed E-state index contributed by atoms with van der Waals surface area (Å²) in [6.45, 7) is 4.26. The van der Waals surface area contributed by atoms with E-state index in [1.54, 1.807) is 20.8 Å². The Labute approximate surface area is 282 Å². The van der Waals surface area contributed by atoms with Crippen LogP contribution in [0.2, 0.25) is 0 Å². The maximum absolute atomic E-state index is 13.9. The first kappa shape index (κ1) is 36.1. The number of nitrogens with two attached hydrogens (primary N) is 1. The molecule has 0 unspecified atom stereocenters. The first-order valence-corrected chi connectivity index (χ1v) is 16.1. The first-order valence-electron chi connectivity index (χ1n) is 16.1. The third-order valence-corrected chi connectivity index (χ3v) is 9.56. The van der Waals surface area contributed by atoms with Gasteiger partial charge in [-0.15, -0.1) is 0 Å². The van der Waals surface area contributed by atoms with Crippen LogP contribution in [0.4, 0.5) is 0 Å². The molecule has 14 nitrogen and oxygen atoms in total. The predicted molar refractivity (Wildman–Crippen MR) is 172 cm³/mol. The van der Waals surface area contributed by atoms with E-state index in [1.165, 1.54) is 25.3 Å². The van der Waals surface area contributed by atoms with Crippen molar-refractivity contribution in [1.82, 2.24) is 5.32 Å². The number of hydrogen-bond donors (Lipinski definition) is 7.